The Bertz CT molecular complexity index is 415. The second-order valence-electron chi connectivity index (χ2n) is 5.99. The maximum absolute atomic E-state index is 11.5. The van der Waals surface area contributed by atoms with Crippen LogP contribution in [0.15, 0.2) is 24.3 Å². The monoisotopic (exact) mass is 259 g/mol. The standard InChI is InChI=1S/C17H25NO/c1-13(2)15-6-8-16(9-7-15)17(12-14(3)19)18-10-4-5-11-18/h6-9,13,17H,4-5,10-12H2,1-3H3. The zero-order valence-electron chi connectivity index (χ0n) is 12.4. The maximum Gasteiger partial charge on any atom is 0.131 e. The summed E-state index contributed by atoms with van der Waals surface area (Å²) in [6.07, 6.45) is 3.16. The van der Waals surface area contributed by atoms with Gasteiger partial charge in [-0.25, -0.2) is 0 Å². The lowest BCUT2D eigenvalue weighted by atomic mass is 9.96. The van der Waals surface area contributed by atoms with Crippen molar-refractivity contribution in [1.82, 2.24) is 4.90 Å². The summed E-state index contributed by atoms with van der Waals surface area (Å²) in [5.74, 6) is 0.844. The van der Waals surface area contributed by atoms with E-state index in [0.29, 0.717) is 12.3 Å². The molecular weight excluding hydrogens is 234 g/mol. The third-order valence-corrected chi connectivity index (χ3v) is 4.05. The third-order valence-electron chi connectivity index (χ3n) is 4.05. The molecule has 104 valence electrons. The first-order valence-corrected chi connectivity index (χ1v) is 7.41. The molecule has 0 amide bonds. The molecule has 1 aromatic rings. The van der Waals surface area contributed by atoms with Crippen molar-refractivity contribution in [2.75, 3.05) is 13.1 Å². The lowest BCUT2D eigenvalue weighted by Gasteiger charge is -2.27. The first-order chi connectivity index (χ1) is 9.08. The topological polar surface area (TPSA) is 20.3 Å². The molecule has 2 nitrogen and oxygen atoms in total. The van der Waals surface area contributed by atoms with Gasteiger partial charge >= 0.3 is 0 Å². The molecule has 2 heteroatoms. The van der Waals surface area contributed by atoms with Crippen molar-refractivity contribution in [1.29, 1.82) is 0 Å². The molecule has 0 spiro atoms. The first-order valence-electron chi connectivity index (χ1n) is 7.41. The van der Waals surface area contributed by atoms with E-state index in [1.807, 2.05) is 0 Å². The minimum atomic E-state index is 0.279. The van der Waals surface area contributed by atoms with Gasteiger partial charge in [0.15, 0.2) is 0 Å². The van der Waals surface area contributed by atoms with Gasteiger partial charge in [0.25, 0.3) is 0 Å². The molecule has 1 aliphatic heterocycles. The molecule has 0 saturated carbocycles. The van der Waals surface area contributed by atoms with E-state index in [1.165, 1.54) is 24.0 Å². The second kappa shape index (κ2) is 6.33. The summed E-state index contributed by atoms with van der Waals surface area (Å²) < 4.78 is 0. The Balaban J connectivity index is 2.19. The molecule has 19 heavy (non-hydrogen) atoms. The highest BCUT2D eigenvalue weighted by molar-refractivity contribution is 5.76. The van der Waals surface area contributed by atoms with Gasteiger partial charge in [0.2, 0.25) is 0 Å². The number of hydrogen-bond donors (Lipinski definition) is 0. The van der Waals surface area contributed by atoms with E-state index < -0.39 is 0 Å². The zero-order valence-corrected chi connectivity index (χ0v) is 12.4. The van der Waals surface area contributed by atoms with Gasteiger partial charge in [0.1, 0.15) is 5.78 Å². The Morgan fingerprint density at radius 2 is 1.63 bits per heavy atom. The Morgan fingerprint density at radius 1 is 1.11 bits per heavy atom. The van der Waals surface area contributed by atoms with Crippen LogP contribution in [0, 0.1) is 0 Å². The van der Waals surface area contributed by atoms with Crippen molar-refractivity contribution in [2.24, 2.45) is 0 Å². The van der Waals surface area contributed by atoms with Crippen molar-refractivity contribution in [3.8, 4) is 0 Å². The molecule has 1 saturated heterocycles. The van der Waals surface area contributed by atoms with Crippen LogP contribution < -0.4 is 0 Å². The summed E-state index contributed by atoms with van der Waals surface area (Å²) in [6, 6.07) is 9.12. The lowest BCUT2D eigenvalue weighted by molar-refractivity contribution is -0.118. The van der Waals surface area contributed by atoms with E-state index in [-0.39, 0.29) is 11.8 Å². The van der Waals surface area contributed by atoms with Crippen molar-refractivity contribution >= 4 is 5.78 Å². The molecule has 1 atom stereocenters. The fourth-order valence-corrected chi connectivity index (χ4v) is 2.89. The van der Waals surface area contributed by atoms with Crippen LogP contribution in [0.25, 0.3) is 0 Å². The summed E-state index contributed by atoms with van der Waals surface area (Å²) in [5, 5.41) is 0. The molecule has 1 unspecified atom stereocenters. The molecule has 2 rings (SSSR count). The van der Waals surface area contributed by atoms with Gasteiger partial charge in [-0.15, -0.1) is 0 Å². The fraction of sp³-hybridized carbons (Fsp3) is 0.588. The first kappa shape index (κ1) is 14.3. The van der Waals surface area contributed by atoms with Gasteiger partial charge in [-0.2, -0.15) is 0 Å². The predicted molar refractivity (Wildman–Crippen MR) is 79.4 cm³/mol. The summed E-state index contributed by atoms with van der Waals surface area (Å²) >= 11 is 0. The second-order valence-corrected chi connectivity index (χ2v) is 5.99. The van der Waals surface area contributed by atoms with Crippen LogP contribution >= 0.6 is 0 Å². The lowest BCUT2D eigenvalue weighted by Crippen LogP contribution is -2.27. The van der Waals surface area contributed by atoms with Crippen LogP contribution in [-0.4, -0.2) is 23.8 Å². The van der Waals surface area contributed by atoms with Gasteiger partial charge in [-0.1, -0.05) is 38.1 Å². The van der Waals surface area contributed by atoms with Crippen LogP contribution in [0.2, 0.25) is 0 Å². The Hall–Kier alpha value is -1.15. The van der Waals surface area contributed by atoms with E-state index in [9.17, 15) is 4.79 Å². The molecule has 0 radical (unpaired) electrons. The predicted octanol–water partition coefficient (Wildman–Crippen LogP) is 3.93. The number of likely N-dealkylation sites (tertiary alicyclic amines) is 1. The van der Waals surface area contributed by atoms with Gasteiger partial charge in [-0.3, -0.25) is 9.69 Å². The normalized spacial score (nSPS) is 17.9. The van der Waals surface area contributed by atoms with E-state index >= 15 is 0 Å². The highest BCUT2D eigenvalue weighted by Crippen LogP contribution is 2.29. The number of benzene rings is 1. The van der Waals surface area contributed by atoms with E-state index in [2.05, 4.69) is 43.0 Å². The molecular formula is C17H25NO. The molecule has 1 aliphatic rings. The van der Waals surface area contributed by atoms with Crippen LogP contribution in [0.4, 0.5) is 0 Å². The maximum atomic E-state index is 11.5. The third kappa shape index (κ3) is 3.66. The zero-order chi connectivity index (χ0) is 13.8. The van der Waals surface area contributed by atoms with Crippen LogP contribution in [0.5, 0.6) is 0 Å². The SMILES string of the molecule is CC(=O)CC(c1ccc(C(C)C)cc1)N1CCCC1. The number of hydrogen-bond acceptors (Lipinski definition) is 2. The minimum absolute atomic E-state index is 0.279. The average Bonchev–Trinajstić information content (AvgIpc) is 2.89. The molecule has 1 fully saturated rings. The van der Waals surface area contributed by atoms with Gasteiger partial charge in [0.05, 0.1) is 0 Å². The number of Topliss-reactive ketones (excluding diaryl/α,β-unsaturated/α-hetero) is 1. The van der Waals surface area contributed by atoms with Crippen molar-refractivity contribution < 1.29 is 4.79 Å². The number of rotatable bonds is 5. The van der Waals surface area contributed by atoms with Gasteiger partial charge in [0, 0.05) is 12.5 Å². The number of nitrogens with zero attached hydrogens (tertiary/aromatic N) is 1. The molecule has 0 N–H and O–H groups in total. The Morgan fingerprint density at radius 3 is 2.11 bits per heavy atom. The fourth-order valence-electron chi connectivity index (χ4n) is 2.89. The van der Waals surface area contributed by atoms with Crippen molar-refractivity contribution in [3.05, 3.63) is 35.4 Å². The van der Waals surface area contributed by atoms with Gasteiger partial charge in [-0.05, 0) is 49.9 Å². The largest absolute Gasteiger partial charge is 0.300 e. The van der Waals surface area contributed by atoms with Crippen LogP contribution in [-0.2, 0) is 4.79 Å². The Labute approximate surface area is 116 Å². The van der Waals surface area contributed by atoms with Crippen LogP contribution in [0.1, 0.15) is 63.1 Å². The van der Waals surface area contributed by atoms with Gasteiger partial charge < -0.3 is 0 Å². The minimum Gasteiger partial charge on any atom is -0.300 e. The van der Waals surface area contributed by atoms with E-state index in [1.54, 1.807) is 6.92 Å². The molecule has 0 bridgehead atoms. The van der Waals surface area contributed by atoms with E-state index in [4.69, 9.17) is 0 Å². The molecule has 0 aromatic heterocycles. The number of carbonyl (C=O) groups is 1. The summed E-state index contributed by atoms with van der Waals surface area (Å²) in [4.78, 5) is 14.0. The van der Waals surface area contributed by atoms with Crippen LogP contribution in [0.3, 0.4) is 0 Å². The average molecular weight is 259 g/mol. The highest BCUT2D eigenvalue weighted by atomic mass is 16.1. The van der Waals surface area contributed by atoms with Crippen molar-refractivity contribution in [2.45, 2.75) is 52.0 Å². The quantitative estimate of drug-likeness (QED) is 0.798. The highest BCUT2D eigenvalue weighted by Gasteiger charge is 2.24. The van der Waals surface area contributed by atoms with E-state index in [0.717, 1.165) is 13.1 Å². The molecule has 0 aliphatic carbocycles. The summed E-state index contributed by atoms with van der Waals surface area (Å²) in [6.45, 7) is 8.38. The number of ketones is 1. The summed E-state index contributed by atoms with van der Waals surface area (Å²) in [7, 11) is 0. The number of carbonyl (C=O) groups excluding carboxylic acids is 1. The molecule has 1 heterocycles. The Kier molecular flexibility index (Phi) is 4.76. The van der Waals surface area contributed by atoms with Crippen molar-refractivity contribution in [3.63, 3.8) is 0 Å². The summed E-state index contributed by atoms with van der Waals surface area (Å²) in [5.41, 5.74) is 2.66. The molecule has 1 aromatic carbocycles. The smallest absolute Gasteiger partial charge is 0.131 e.